The van der Waals surface area contributed by atoms with E-state index < -0.39 is 4.92 Å². The molecule has 0 fully saturated rings. The number of aryl methyl sites for hydroxylation is 1. The van der Waals surface area contributed by atoms with Gasteiger partial charge in [-0.2, -0.15) is 5.10 Å². The van der Waals surface area contributed by atoms with Crippen LogP contribution in [0.5, 0.6) is 0 Å². The molecule has 2 aromatic heterocycles. The number of fused-ring (bicyclic) bond motifs is 1. The van der Waals surface area contributed by atoms with Gasteiger partial charge in [0.05, 0.1) is 16.6 Å². The molecule has 0 saturated carbocycles. The fraction of sp³-hybridized carbons (Fsp3) is 0.200. The molecule has 0 aliphatic carbocycles. The number of nitrogens with zero attached hydrogens (tertiary/aromatic N) is 4. The summed E-state index contributed by atoms with van der Waals surface area (Å²) in [6, 6.07) is 6.59. The van der Waals surface area contributed by atoms with Gasteiger partial charge in [0.2, 0.25) is 0 Å². The van der Waals surface area contributed by atoms with Crippen molar-refractivity contribution in [2.24, 2.45) is 0 Å². The van der Waals surface area contributed by atoms with E-state index in [1.54, 1.807) is 18.3 Å². The maximum atomic E-state index is 10.9. The van der Waals surface area contributed by atoms with Gasteiger partial charge in [0, 0.05) is 29.8 Å². The first kappa shape index (κ1) is 14.5. The summed E-state index contributed by atoms with van der Waals surface area (Å²) in [5.74, 6) is 0. The molecule has 1 aromatic carbocycles. The highest BCUT2D eigenvalue weighted by Gasteiger charge is 2.16. The topological polar surface area (TPSA) is 73.8 Å². The SMILES string of the molecule is Cc1c(C)n(Cc2cccc([N+](=O)[O-])c2)c2c(Cl)nncc12. The van der Waals surface area contributed by atoms with Crippen molar-refractivity contribution in [2.45, 2.75) is 20.4 Å². The van der Waals surface area contributed by atoms with E-state index >= 15 is 0 Å². The lowest BCUT2D eigenvalue weighted by Gasteiger charge is -2.09. The monoisotopic (exact) mass is 316 g/mol. The van der Waals surface area contributed by atoms with Gasteiger partial charge in [-0.15, -0.1) is 5.10 Å². The van der Waals surface area contributed by atoms with Gasteiger partial charge in [-0.05, 0) is 25.0 Å². The fourth-order valence-corrected chi connectivity index (χ4v) is 2.85. The van der Waals surface area contributed by atoms with Crippen molar-refractivity contribution in [3.63, 3.8) is 0 Å². The Hall–Kier alpha value is -2.47. The second kappa shape index (κ2) is 5.38. The second-order valence-corrected chi connectivity index (χ2v) is 5.48. The molecule has 7 heteroatoms. The predicted molar refractivity (Wildman–Crippen MR) is 84.2 cm³/mol. The van der Waals surface area contributed by atoms with Crippen LogP contribution in [0.1, 0.15) is 16.8 Å². The number of halogens is 1. The fourth-order valence-electron chi connectivity index (χ4n) is 2.60. The van der Waals surface area contributed by atoms with Crippen LogP contribution in [0.3, 0.4) is 0 Å². The van der Waals surface area contributed by atoms with Gasteiger partial charge >= 0.3 is 0 Å². The van der Waals surface area contributed by atoms with Gasteiger partial charge in [0.1, 0.15) is 0 Å². The normalized spacial score (nSPS) is 11.0. The lowest BCUT2D eigenvalue weighted by molar-refractivity contribution is -0.384. The predicted octanol–water partition coefficient (Wildman–Crippen LogP) is 3.66. The van der Waals surface area contributed by atoms with Crippen molar-refractivity contribution in [1.29, 1.82) is 0 Å². The van der Waals surface area contributed by atoms with Crippen LogP contribution in [0, 0.1) is 24.0 Å². The zero-order valence-corrected chi connectivity index (χ0v) is 12.8. The molecule has 2 heterocycles. The highest BCUT2D eigenvalue weighted by atomic mass is 35.5. The maximum absolute atomic E-state index is 10.9. The van der Waals surface area contributed by atoms with Gasteiger partial charge < -0.3 is 4.57 Å². The Morgan fingerprint density at radius 2 is 2.14 bits per heavy atom. The molecule has 0 spiro atoms. The quantitative estimate of drug-likeness (QED) is 0.546. The van der Waals surface area contributed by atoms with E-state index in [1.165, 1.54) is 6.07 Å². The zero-order chi connectivity index (χ0) is 15.9. The average molecular weight is 317 g/mol. The number of non-ortho nitro benzene ring substituents is 1. The Morgan fingerprint density at radius 3 is 2.86 bits per heavy atom. The molecule has 0 aliphatic rings. The third-order valence-corrected chi connectivity index (χ3v) is 4.12. The molecule has 6 nitrogen and oxygen atoms in total. The summed E-state index contributed by atoms with van der Waals surface area (Å²) in [4.78, 5) is 10.5. The van der Waals surface area contributed by atoms with Crippen LogP contribution in [0.2, 0.25) is 5.15 Å². The summed E-state index contributed by atoms with van der Waals surface area (Å²) in [7, 11) is 0. The summed E-state index contributed by atoms with van der Waals surface area (Å²) in [5, 5.41) is 20.0. The maximum Gasteiger partial charge on any atom is 0.269 e. The average Bonchev–Trinajstić information content (AvgIpc) is 2.74. The van der Waals surface area contributed by atoms with Crippen molar-refractivity contribution in [3.05, 3.63) is 62.6 Å². The summed E-state index contributed by atoms with van der Waals surface area (Å²) in [6.07, 6.45) is 1.69. The molecule has 0 radical (unpaired) electrons. The molecule has 0 unspecified atom stereocenters. The number of nitro benzene ring substituents is 1. The van der Waals surface area contributed by atoms with Gasteiger partial charge in [0.25, 0.3) is 5.69 Å². The first-order valence-corrected chi connectivity index (χ1v) is 7.06. The van der Waals surface area contributed by atoms with Crippen molar-refractivity contribution in [3.8, 4) is 0 Å². The van der Waals surface area contributed by atoms with Gasteiger partial charge in [-0.25, -0.2) is 0 Å². The van der Waals surface area contributed by atoms with E-state index in [9.17, 15) is 10.1 Å². The van der Waals surface area contributed by atoms with E-state index in [0.29, 0.717) is 11.7 Å². The van der Waals surface area contributed by atoms with Crippen LogP contribution in [-0.2, 0) is 6.54 Å². The molecule has 0 atom stereocenters. The Bertz CT molecular complexity index is 889. The summed E-state index contributed by atoms with van der Waals surface area (Å²) in [6.45, 7) is 4.48. The minimum atomic E-state index is -0.395. The van der Waals surface area contributed by atoms with Crippen molar-refractivity contribution in [2.75, 3.05) is 0 Å². The largest absolute Gasteiger partial charge is 0.338 e. The van der Waals surface area contributed by atoms with E-state index in [-0.39, 0.29) is 5.69 Å². The molecule has 0 saturated heterocycles. The van der Waals surface area contributed by atoms with Crippen LogP contribution in [0.4, 0.5) is 5.69 Å². The molecule has 0 bridgehead atoms. The number of nitro groups is 1. The highest BCUT2D eigenvalue weighted by Crippen LogP contribution is 2.29. The molecule has 3 aromatic rings. The number of hydrogen-bond acceptors (Lipinski definition) is 4. The van der Waals surface area contributed by atoms with Gasteiger partial charge in [-0.1, -0.05) is 23.7 Å². The second-order valence-electron chi connectivity index (χ2n) is 5.12. The molecule has 112 valence electrons. The van der Waals surface area contributed by atoms with E-state index in [2.05, 4.69) is 10.2 Å². The smallest absolute Gasteiger partial charge is 0.269 e. The standard InChI is InChI=1S/C15H13ClN4O2/c1-9-10(2)19(14-13(9)7-17-18-15(14)16)8-11-4-3-5-12(6-11)20(21)22/h3-7H,8H2,1-2H3. The van der Waals surface area contributed by atoms with E-state index in [0.717, 1.165) is 27.7 Å². The first-order chi connectivity index (χ1) is 10.5. The lowest BCUT2D eigenvalue weighted by Crippen LogP contribution is -2.03. The summed E-state index contributed by atoms with van der Waals surface area (Å²) < 4.78 is 2.01. The molecule has 3 rings (SSSR count). The lowest BCUT2D eigenvalue weighted by atomic mass is 10.2. The van der Waals surface area contributed by atoms with Crippen LogP contribution in [0.15, 0.2) is 30.5 Å². The molecular weight excluding hydrogens is 304 g/mol. The van der Waals surface area contributed by atoms with Gasteiger partial charge in [-0.3, -0.25) is 10.1 Å². The summed E-state index contributed by atoms with van der Waals surface area (Å²) in [5.41, 5.74) is 3.84. The number of hydrogen-bond donors (Lipinski definition) is 0. The minimum absolute atomic E-state index is 0.0780. The number of rotatable bonds is 3. The Kier molecular flexibility index (Phi) is 3.54. The Morgan fingerprint density at radius 1 is 1.36 bits per heavy atom. The third kappa shape index (κ3) is 2.31. The zero-order valence-electron chi connectivity index (χ0n) is 12.1. The first-order valence-electron chi connectivity index (χ1n) is 6.69. The van der Waals surface area contributed by atoms with Gasteiger partial charge in [0.15, 0.2) is 5.15 Å². The molecule has 0 amide bonds. The Balaban J connectivity index is 2.13. The highest BCUT2D eigenvalue weighted by molar-refractivity contribution is 6.33. The molecule has 22 heavy (non-hydrogen) atoms. The summed E-state index contributed by atoms with van der Waals surface area (Å²) >= 11 is 6.19. The van der Waals surface area contributed by atoms with Crippen LogP contribution >= 0.6 is 11.6 Å². The van der Waals surface area contributed by atoms with Crippen LogP contribution in [0.25, 0.3) is 10.9 Å². The molecular formula is C15H13ClN4O2. The minimum Gasteiger partial charge on any atom is -0.338 e. The number of aromatic nitrogens is 3. The van der Waals surface area contributed by atoms with E-state index in [1.807, 2.05) is 24.5 Å². The van der Waals surface area contributed by atoms with Crippen LogP contribution < -0.4 is 0 Å². The van der Waals surface area contributed by atoms with Crippen molar-refractivity contribution in [1.82, 2.24) is 14.8 Å². The molecule has 0 aliphatic heterocycles. The number of benzene rings is 1. The third-order valence-electron chi connectivity index (χ3n) is 3.87. The van der Waals surface area contributed by atoms with Crippen molar-refractivity contribution >= 4 is 28.2 Å². The van der Waals surface area contributed by atoms with E-state index in [4.69, 9.17) is 11.6 Å². The Labute approximate surface area is 131 Å². The molecule has 0 N–H and O–H groups in total. The van der Waals surface area contributed by atoms with Crippen molar-refractivity contribution < 1.29 is 4.92 Å². The van der Waals surface area contributed by atoms with Crippen LogP contribution in [-0.4, -0.2) is 19.7 Å².